The number of carbonyl (C=O) groups is 3. The molecule has 0 aliphatic rings. The summed E-state index contributed by atoms with van der Waals surface area (Å²) in [6.45, 7) is 18.4. The molecule has 14 heteroatoms. The number of allylic oxidation sites excluding steroid dienone is 1. The smallest absolute Gasteiger partial charge is 0.425 e. The van der Waals surface area contributed by atoms with Gasteiger partial charge < -0.3 is 18.9 Å². The number of aromatic nitrogens is 4. The molecular weight excluding hydrogens is 596 g/mol. The van der Waals surface area contributed by atoms with Crippen LogP contribution in [0.15, 0.2) is 47.8 Å². The van der Waals surface area contributed by atoms with Crippen LogP contribution >= 0.6 is 0 Å². The van der Waals surface area contributed by atoms with Gasteiger partial charge in [0.05, 0.1) is 0 Å². The Morgan fingerprint density at radius 1 is 0.826 bits per heavy atom. The van der Waals surface area contributed by atoms with Crippen molar-refractivity contribution in [2.45, 2.75) is 92.3 Å². The molecule has 46 heavy (non-hydrogen) atoms. The number of hydrogen-bond acceptors (Lipinski definition) is 11. The van der Waals surface area contributed by atoms with E-state index in [4.69, 9.17) is 18.9 Å². The van der Waals surface area contributed by atoms with Gasteiger partial charge in [0.1, 0.15) is 28.8 Å². The molecule has 1 aromatic carbocycles. The SMILES string of the molecule is C=CCn1c(=O)nc(N(C(=O)OC(C)(C)C)C(=O)OC(C)(C)C)c2c(OCc3ccccc3)nc(N(C)C(=O)OC(C)(C)C)nc21. The standard InChI is InChI=1S/C32H42N6O8/c1-12-18-37-22-21(23(34-26(37)39)38(28(41)45-31(5,6)7)29(42)46-32(8,9)10)24(43-19-20-16-14-13-15-17-20)35-25(33-22)36(11)27(40)44-30(2,3)4/h12-17H,1,18-19H2,2-11H3. The molecule has 3 aromatic rings. The van der Waals surface area contributed by atoms with Crippen LogP contribution in [0, 0.1) is 0 Å². The van der Waals surface area contributed by atoms with E-state index in [9.17, 15) is 19.2 Å². The fourth-order valence-corrected chi connectivity index (χ4v) is 3.82. The third-order valence-electron chi connectivity index (χ3n) is 5.62. The maximum atomic E-state index is 13.6. The molecule has 2 heterocycles. The predicted octanol–water partition coefficient (Wildman–Crippen LogP) is 6.00. The van der Waals surface area contributed by atoms with E-state index < -0.39 is 46.6 Å². The molecule has 0 bridgehead atoms. The molecule has 0 atom stereocenters. The quantitative estimate of drug-likeness (QED) is 0.221. The number of hydrogen-bond donors (Lipinski definition) is 0. The van der Waals surface area contributed by atoms with E-state index in [-0.39, 0.29) is 36.0 Å². The van der Waals surface area contributed by atoms with Crippen molar-refractivity contribution in [3.8, 4) is 5.88 Å². The second-order valence-electron chi connectivity index (χ2n) is 13.3. The van der Waals surface area contributed by atoms with Crippen LogP contribution in [-0.4, -0.2) is 61.6 Å². The lowest BCUT2D eigenvalue weighted by Gasteiger charge is -2.29. The average Bonchev–Trinajstić information content (AvgIpc) is 2.90. The van der Waals surface area contributed by atoms with Crippen molar-refractivity contribution in [1.29, 1.82) is 0 Å². The minimum absolute atomic E-state index is 0.0263. The van der Waals surface area contributed by atoms with Gasteiger partial charge in [-0.25, -0.2) is 24.1 Å². The zero-order chi connectivity index (χ0) is 34.6. The molecule has 248 valence electrons. The number of benzene rings is 1. The third-order valence-corrected chi connectivity index (χ3v) is 5.62. The van der Waals surface area contributed by atoms with E-state index in [1.165, 1.54) is 13.1 Å². The molecule has 0 radical (unpaired) electrons. The summed E-state index contributed by atoms with van der Waals surface area (Å²) in [5.74, 6) is -0.879. The maximum Gasteiger partial charge on any atom is 0.425 e. The second-order valence-corrected chi connectivity index (χ2v) is 13.3. The van der Waals surface area contributed by atoms with E-state index in [1.807, 2.05) is 30.3 Å². The zero-order valence-corrected chi connectivity index (χ0v) is 28.0. The minimum Gasteiger partial charge on any atom is -0.472 e. The molecule has 0 spiro atoms. The first-order valence-electron chi connectivity index (χ1n) is 14.5. The number of amides is 3. The molecule has 0 fully saturated rings. The Bertz CT molecular complexity index is 1640. The molecular formula is C32H42N6O8. The Morgan fingerprint density at radius 3 is 1.85 bits per heavy atom. The van der Waals surface area contributed by atoms with Crippen LogP contribution in [0.1, 0.15) is 67.9 Å². The van der Waals surface area contributed by atoms with Crippen LogP contribution in [0.25, 0.3) is 11.0 Å². The summed E-state index contributed by atoms with van der Waals surface area (Å²) in [7, 11) is 1.39. The molecule has 0 N–H and O–H groups in total. The summed E-state index contributed by atoms with van der Waals surface area (Å²) in [6, 6.07) is 9.11. The van der Waals surface area contributed by atoms with E-state index in [0.717, 1.165) is 15.0 Å². The van der Waals surface area contributed by atoms with Crippen molar-refractivity contribution in [1.82, 2.24) is 19.5 Å². The van der Waals surface area contributed by atoms with Crippen LogP contribution in [0.2, 0.25) is 0 Å². The Balaban J connectivity index is 2.43. The lowest BCUT2D eigenvalue weighted by Crippen LogP contribution is -2.45. The van der Waals surface area contributed by atoms with E-state index in [1.54, 1.807) is 62.3 Å². The minimum atomic E-state index is -1.17. The molecule has 2 aromatic heterocycles. The number of ether oxygens (including phenoxy) is 4. The van der Waals surface area contributed by atoms with Crippen LogP contribution < -0.4 is 20.2 Å². The molecule has 0 saturated heterocycles. The lowest BCUT2D eigenvalue weighted by atomic mass is 10.2. The monoisotopic (exact) mass is 638 g/mol. The van der Waals surface area contributed by atoms with Gasteiger partial charge in [-0.2, -0.15) is 19.9 Å². The van der Waals surface area contributed by atoms with Crippen molar-refractivity contribution >= 4 is 41.1 Å². The molecule has 0 unspecified atom stereocenters. The van der Waals surface area contributed by atoms with Crippen LogP contribution in [0.4, 0.5) is 26.1 Å². The lowest BCUT2D eigenvalue weighted by molar-refractivity contribution is 0.0428. The number of fused-ring (bicyclic) bond motifs is 1. The topological polar surface area (TPSA) is 155 Å². The van der Waals surface area contributed by atoms with Gasteiger partial charge in [0.25, 0.3) is 0 Å². The van der Waals surface area contributed by atoms with E-state index in [0.29, 0.717) is 4.90 Å². The average molecular weight is 639 g/mol. The largest absolute Gasteiger partial charge is 0.472 e. The number of anilines is 2. The first-order valence-corrected chi connectivity index (χ1v) is 14.5. The van der Waals surface area contributed by atoms with Gasteiger partial charge in [-0.3, -0.25) is 4.57 Å². The first kappa shape index (κ1) is 35.5. The van der Waals surface area contributed by atoms with Gasteiger partial charge in [0.2, 0.25) is 11.8 Å². The summed E-state index contributed by atoms with van der Waals surface area (Å²) < 4.78 is 23.9. The Labute approximate surface area is 267 Å². The summed E-state index contributed by atoms with van der Waals surface area (Å²) in [4.78, 5) is 68.5. The first-order chi connectivity index (χ1) is 21.2. The Kier molecular flexibility index (Phi) is 10.4. The predicted molar refractivity (Wildman–Crippen MR) is 172 cm³/mol. The number of carbonyl (C=O) groups excluding carboxylic acids is 3. The molecule has 3 amide bonds. The van der Waals surface area contributed by atoms with Gasteiger partial charge in [0, 0.05) is 13.6 Å². The molecule has 3 rings (SSSR count). The Hall–Kier alpha value is -5.01. The third kappa shape index (κ3) is 9.25. The highest BCUT2D eigenvalue weighted by Gasteiger charge is 2.37. The fourth-order valence-electron chi connectivity index (χ4n) is 3.82. The van der Waals surface area contributed by atoms with Crippen molar-refractivity contribution in [3.05, 3.63) is 59.0 Å². The molecule has 14 nitrogen and oxygen atoms in total. The van der Waals surface area contributed by atoms with Gasteiger partial charge in [0.15, 0.2) is 11.5 Å². The maximum absolute atomic E-state index is 13.6. The summed E-state index contributed by atoms with van der Waals surface area (Å²) in [5.41, 5.74) is -3.18. The van der Waals surface area contributed by atoms with Crippen LogP contribution in [0.5, 0.6) is 5.88 Å². The van der Waals surface area contributed by atoms with Crippen LogP contribution in [0.3, 0.4) is 0 Å². The van der Waals surface area contributed by atoms with Gasteiger partial charge in [-0.1, -0.05) is 36.4 Å². The number of imide groups is 1. The summed E-state index contributed by atoms with van der Waals surface area (Å²) in [6.07, 6.45) is -1.68. The van der Waals surface area contributed by atoms with Gasteiger partial charge in [-0.15, -0.1) is 6.58 Å². The van der Waals surface area contributed by atoms with Crippen LogP contribution in [-0.2, 0) is 27.4 Å². The van der Waals surface area contributed by atoms with Crippen molar-refractivity contribution in [2.24, 2.45) is 0 Å². The summed E-state index contributed by atoms with van der Waals surface area (Å²) >= 11 is 0. The van der Waals surface area contributed by atoms with Gasteiger partial charge >= 0.3 is 24.0 Å². The normalized spacial score (nSPS) is 11.9. The molecule has 0 aliphatic heterocycles. The Morgan fingerprint density at radius 2 is 1.35 bits per heavy atom. The summed E-state index contributed by atoms with van der Waals surface area (Å²) in [5, 5.41) is -0.101. The number of rotatable bonds is 7. The van der Waals surface area contributed by atoms with Crippen molar-refractivity contribution in [2.75, 3.05) is 16.8 Å². The second kappa shape index (κ2) is 13.5. The fraction of sp³-hybridized carbons (Fsp3) is 0.469. The van der Waals surface area contributed by atoms with Gasteiger partial charge in [-0.05, 0) is 67.9 Å². The number of nitrogens with zero attached hydrogens (tertiary/aromatic N) is 6. The highest BCUT2D eigenvalue weighted by Crippen LogP contribution is 2.34. The van der Waals surface area contributed by atoms with Crippen molar-refractivity contribution < 1.29 is 33.3 Å². The zero-order valence-electron chi connectivity index (χ0n) is 28.0. The van der Waals surface area contributed by atoms with Crippen molar-refractivity contribution in [3.63, 3.8) is 0 Å². The highest BCUT2D eigenvalue weighted by atomic mass is 16.6. The molecule has 0 saturated carbocycles. The van der Waals surface area contributed by atoms with E-state index >= 15 is 0 Å². The highest BCUT2D eigenvalue weighted by molar-refractivity contribution is 6.14. The molecule has 0 aliphatic carbocycles. The van der Waals surface area contributed by atoms with E-state index in [2.05, 4.69) is 21.5 Å².